The fraction of sp³-hybridized carbons (Fsp3) is 0.278. The molecule has 0 fully saturated rings. The lowest BCUT2D eigenvalue weighted by Crippen LogP contribution is -2.30. The van der Waals surface area contributed by atoms with Gasteiger partial charge in [-0.3, -0.25) is 4.79 Å². The maximum absolute atomic E-state index is 12.3. The van der Waals surface area contributed by atoms with E-state index in [0.717, 1.165) is 16.0 Å². The Kier molecular flexibility index (Phi) is 6.47. The number of halogens is 1. The summed E-state index contributed by atoms with van der Waals surface area (Å²) in [6, 6.07) is 14.8. The van der Waals surface area contributed by atoms with E-state index in [-0.39, 0.29) is 5.91 Å². The van der Waals surface area contributed by atoms with Gasteiger partial charge in [-0.15, -0.1) is 0 Å². The first-order valence-electron chi connectivity index (χ1n) is 7.47. The van der Waals surface area contributed by atoms with Gasteiger partial charge in [-0.25, -0.2) is 0 Å². The van der Waals surface area contributed by atoms with Crippen molar-refractivity contribution < 1.29 is 14.3 Å². The second-order valence-corrected chi connectivity index (χ2v) is 5.90. The van der Waals surface area contributed by atoms with E-state index < -0.39 is 0 Å². The lowest BCUT2D eigenvalue weighted by Gasteiger charge is -2.17. The van der Waals surface area contributed by atoms with Crippen LogP contribution in [0, 0.1) is 0 Å². The summed E-state index contributed by atoms with van der Waals surface area (Å²) in [4.78, 5) is 14.0. The monoisotopic (exact) mass is 377 g/mol. The zero-order valence-electron chi connectivity index (χ0n) is 13.3. The Labute approximate surface area is 145 Å². The normalized spacial score (nSPS) is 10.2. The van der Waals surface area contributed by atoms with Crippen molar-refractivity contribution in [2.45, 2.75) is 6.92 Å². The highest BCUT2D eigenvalue weighted by Gasteiger charge is 2.11. The van der Waals surface area contributed by atoms with Gasteiger partial charge in [0.1, 0.15) is 18.1 Å². The third kappa shape index (κ3) is 5.28. The Bertz CT molecular complexity index is 626. The Morgan fingerprint density at radius 2 is 1.57 bits per heavy atom. The highest BCUT2D eigenvalue weighted by molar-refractivity contribution is 9.10. The molecule has 0 atom stereocenters. The molecule has 122 valence electrons. The van der Waals surface area contributed by atoms with Crippen molar-refractivity contribution in [3.05, 3.63) is 58.6 Å². The number of benzene rings is 2. The number of carbonyl (C=O) groups is 1. The van der Waals surface area contributed by atoms with Gasteiger partial charge < -0.3 is 14.4 Å². The molecule has 0 unspecified atom stereocenters. The third-order valence-corrected chi connectivity index (χ3v) is 3.80. The Balaban J connectivity index is 1.83. The SMILES string of the molecule is CCOc1ccc(C(=O)N(C)CCOc2ccc(Br)cc2)cc1. The molecule has 0 saturated heterocycles. The van der Waals surface area contributed by atoms with E-state index in [9.17, 15) is 4.79 Å². The van der Waals surface area contributed by atoms with Crippen LogP contribution in [-0.4, -0.2) is 37.6 Å². The fourth-order valence-electron chi connectivity index (χ4n) is 2.01. The molecule has 5 heteroatoms. The summed E-state index contributed by atoms with van der Waals surface area (Å²) in [7, 11) is 1.77. The molecule has 0 radical (unpaired) electrons. The molecule has 0 aliphatic heterocycles. The van der Waals surface area contributed by atoms with Crippen LogP contribution in [0.5, 0.6) is 11.5 Å². The van der Waals surface area contributed by atoms with E-state index >= 15 is 0 Å². The van der Waals surface area contributed by atoms with Crippen molar-refractivity contribution in [1.29, 1.82) is 0 Å². The maximum Gasteiger partial charge on any atom is 0.253 e. The Morgan fingerprint density at radius 3 is 2.17 bits per heavy atom. The van der Waals surface area contributed by atoms with Crippen LogP contribution in [0.25, 0.3) is 0 Å². The van der Waals surface area contributed by atoms with Crippen LogP contribution in [-0.2, 0) is 0 Å². The first-order valence-corrected chi connectivity index (χ1v) is 8.26. The standard InChI is InChI=1S/C18H20BrNO3/c1-3-22-16-8-4-14(5-9-16)18(21)20(2)12-13-23-17-10-6-15(19)7-11-17/h4-11H,3,12-13H2,1-2H3. The van der Waals surface area contributed by atoms with Crippen LogP contribution in [0.1, 0.15) is 17.3 Å². The Hall–Kier alpha value is -2.01. The van der Waals surface area contributed by atoms with Crippen LogP contribution >= 0.6 is 15.9 Å². The predicted molar refractivity (Wildman–Crippen MR) is 94.2 cm³/mol. The van der Waals surface area contributed by atoms with Gasteiger partial charge in [0.25, 0.3) is 5.91 Å². The van der Waals surface area contributed by atoms with Crippen LogP contribution in [0.4, 0.5) is 0 Å². The quantitative estimate of drug-likeness (QED) is 0.731. The van der Waals surface area contributed by atoms with Gasteiger partial charge in [0.05, 0.1) is 13.2 Å². The minimum absolute atomic E-state index is 0.0348. The predicted octanol–water partition coefficient (Wildman–Crippen LogP) is 4.00. The first kappa shape index (κ1) is 17.3. The van der Waals surface area contributed by atoms with E-state index in [1.54, 1.807) is 24.1 Å². The highest BCUT2D eigenvalue weighted by atomic mass is 79.9. The minimum Gasteiger partial charge on any atom is -0.494 e. The van der Waals surface area contributed by atoms with Gasteiger partial charge in [-0.1, -0.05) is 15.9 Å². The van der Waals surface area contributed by atoms with E-state index in [4.69, 9.17) is 9.47 Å². The molecule has 0 spiro atoms. The van der Waals surface area contributed by atoms with Crippen molar-refractivity contribution in [2.75, 3.05) is 26.8 Å². The second-order valence-electron chi connectivity index (χ2n) is 4.99. The van der Waals surface area contributed by atoms with E-state index in [0.29, 0.717) is 25.3 Å². The van der Waals surface area contributed by atoms with Crippen molar-refractivity contribution in [3.63, 3.8) is 0 Å². The lowest BCUT2D eigenvalue weighted by atomic mass is 10.2. The number of hydrogen-bond acceptors (Lipinski definition) is 3. The number of rotatable bonds is 7. The maximum atomic E-state index is 12.3. The second kappa shape index (κ2) is 8.58. The molecule has 0 aliphatic rings. The molecule has 0 bridgehead atoms. The number of nitrogens with zero attached hydrogens (tertiary/aromatic N) is 1. The number of amides is 1. The minimum atomic E-state index is -0.0348. The zero-order chi connectivity index (χ0) is 16.7. The molecule has 2 aromatic rings. The molecule has 2 aromatic carbocycles. The molecule has 23 heavy (non-hydrogen) atoms. The van der Waals surface area contributed by atoms with Gasteiger partial charge in [-0.2, -0.15) is 0 Å². The smallest absolute Gasteiger partial charge is 0.253 e. The van der Waals surface area contributed by atoms with Gasteiger partial charge in [-0.05, 0) is 55.5 Å². The molecule has 0 heterocycles. The first-order chi connectivity index (χ1) is 11.1. The summed E-state index contributed by atoms with van der Waals surface area (Å²) in [5.41, 5.74) is 0.639. The summed E-state index contributed by atoms with van der Waals surface area (Å²) in [6.07, 6.45) is 0. The van der Waals surface area contributed by atoms with Gasteiger partial charge in [0.15, 0.2) is 0 Å². The van der Waals surface area contributed by atoms with Crippen molar-refractivity contribution in [3.8, 4) is 11.5 Å². The number of likely N-dealkylation sites (N-methyl/N-ethyl adjacent to an activating group) is 1. The summed E-state index contributed by atoms with van der Waals surface area (Å²) >= 11 is 3.38. The average molecular weight is 378 g/mol. The van der Waals surface area contributed by atoms with Crippen molar-refractivity contribution in [1.82, 2.24) is 4.90 Å². The molecule has 4 nitrogen and oxygen atoms in total. The van der Waals surface area contributed by atoms with E-state index in [2.05, 4.69) is 15.9 Å². The third-order valence-electron chi connectivity index (χ3n) is 3.27. The highest BCUT2D eigenvalue weighted by Crippen LogP contribution is 2.16. The topological polar surface area (TPSA) is 38.8 Å². The fourth-order valence-corrected chi connectivity index (χ4v) is 2.28. The van der Waals surface area contributed by atoms with Crippen molar-refractivity contribution >= 4 is 21.8 Å². The van der Waals surface area contributed by atoms with E-state index in [1.807, 2.05) is 43.3 Å². The number of ether oxygens (including phenoxy) is 2. The molecule has 1 amide bonds. The van der Waals surface area contributed by atoms with Crippen LogP contribution < -0.4 is 9.47 Å². The van der Waals surface area contributed by atoms with Crippen molar-refractivity contribution in [2.24, 2.45) is 0 Å². The molecular weight excluding hydrogens is 358 g/mol. The summed E-state index contributed by atoms with van der Waals surface area (Å²) in [6.45, 7) is 3.50. The molecule has 0 N–H and O–H groups in total. The average Bonchev–Trinajstić information content (AvgIpc) is 2.57. The van der Waals surface area contributed by atoms with E-state index in [1.165, 1.54) is 0 Å². The Morgan fingerprint density at radius 1 is 1.00 bits per heavy atom. The summed E-state index contributed by atoms with van der Waals surface area (Å²) < 4.78 is 12.0. The molecule has 0 aromatic heterocycles. The van der Waals surface area contributed by atoms with Gasteiger partial charge in [0, 0.05) is 17.1 Å². The van der Waals surface area contributed by atoms with Gasteiger partial charge in [0.2, 0.25) is 0 Å². The molecule has 0 saturated carbocycles. The number of hydrogen-bond donors (Lipinski definition) is 0. The van der Waals surface area contributed by atoms with Gasteiger partial charge >= 0.3 is 0 Å². The van der Waals surface area contributed by atoms with Crippen LogP contribution in [0.2, 0.25) is 0 Å². The number of carbonyl (C=O) groups excluding carboxylic acids is 1. The summed E-state index contributed by atoms with van der Waals surface area (Å²) in [5.74, 6) is 1.52. The zero-order valence-corrected chi connectivity index (χ0v) is 14.9. The molecule has 0 aliphatic carbocycles. The summed E-state index contributed by atoms with van der Waals surface area (Å²) in [5, 5.41) is 0. The largest absolute Gasteiger partial charge is 0.494 e. The van der Waals surface area contributed by atoms with Crippen LogP contribution in [0.3, 0.4) is 0 Å². The van der Waals surface area contributed by atoms with Crippen LogP contribution in [0.15, 0.2) is 53.0 Å². The lowest BCUT2D eigenvalue weighted by molar-refractivity contribution is 0.0773. The molecular formula is C18H20BrNO3. The molecule has 2 rings (SSSR count).